The van der Waals surface area contributed by atoms with E-state index in [-0.39, 0.29) is 22.9 Å². The summed E-state index contributed by atoms with van der Waals surface area (Å²) in [5.41, 5.74) is 1.62. The van der Waals surface area contributed by atoms with Gasteiger partial charge in [0.15, 0.2) is 11.6 Å². The highest BCUT2D eigenvalue weighted by molar-refractivity contribution is 5.87. The fourth-order valence-electron chi connectivity index (χ4n) is 2.85. The predicted octanol–water partition coefficient (Wildman–Crippen LogP) is 3.55. The van der Waals surface area contributed by atoms with E-state index in [1.54, 1.807) is 54.6 Å². The maximum absolute atomic E-state index is 11.1. The van der Waals surface area contributed by atoms with E-state index in [2.05, 4.69) is 15.4 Å². The summed E-state index contributed by atoms with van der Waals surface area (Å²) in [6, 6.07) is 19.5. The van der Waals surface area contributed by atoms with Crippen molar-refractivity contribution in [1.29, 1.82) is 0 Å². The number of carboxylic acid groups (broad SMARTS) is 1. The quantitative estimate of drug-likeness (QED) is 0.400. The number of rotatable bonds is 4. The zero-order chi connectivity index (χ0) is 22.4. The average Bonchev–Trinajstić information content (AvgIpc) is 3.20. The van der Waals surface area contributed by atoms with E-state index in [1.165, 1.54) is 22.9 Å². The maximum Gasteiger partial charge on any atom is 0.335 e. The van der Waals surface area contributed by atoms with Crippen LogP contribution < -0.4 is 5.32 Å². The Morgan fingerprint density at radius 1 is 0.839 bits per heavy atom. The molecule has 8 heteroatoms. The molecule has 0 atom stereocenters. The SMILES string of the molecule is CNC.O=C(O)c1ccc(-n2nc(-c3ccccc3O)nc2-c2ccccc2O)cc1. The molecule has 0 bridgehead atoms. The zero-order valence-electron chi connectivity index (χ0n) is 17.0. The first-order valence-electron chi connectivity index (χ1n) is 9.42. The van der Waals surface area contributed by atoms with Crippen LogP contribution in [0.1, 0.15) is 10.4 Å². The van der Waals surface area contributed by atoms with Gasteiger partial charge in [-0.1, -0.05) is 24.3 Å². The van der Waals surface area contributed by atoms with Gasteiger partial charge in [-0.2, -0.15) is 0 Å². The lowest BCUT2D eigenvalue weighted by molar-refractivity contribution is 0.0697. The number of hydrogen-bond donors (Lipinski definition) is 4. The number of nitrogens with one attached hydrogen (secondary N) is 1. The highest BCUT2D eigenvalue weighted by Gasteiger charge is 2.19. The van der Waals surface area contributed by atoms with Crippen LogP contribution in [0.2, 0.25) is 0 Å². The second-order valence-electron chi connectivity index (χ2n) is 6.56. The Morgan fingerprint density at radius 3 is 1.87 bits per heavy atom. The summed E-state index contributed by atoms with van der Waals surface area (Å²) >= 11 is 0. The van der Waals surface area contributed by atoms with Crippen LogP contribution in [0.15, 0.2) is 72.8 Å². The third-order valence-electron chi connectivity index (χ3n) is 4.26. The fourth-order valence-corrected chi connectivity index (χ4v) is 2.85. The summed E-state index contributed by atoms with van der Waals surface area (Å²) in [7, 11) is 3.75. The van der Waals surface area contributed by atoms with Crippen molar-refractivity contribution < 1.29 is 20.1 Å². The number of benzene rings is 3. The highest BCUT2D eigenvalue weighted by atomic mass is 16.4. The molecule has 31 heavy (non-hydrogen) atoms. The molecule has 0 unspecified atom stereocenters. The number of aromatic hydroxyl groups is 2. The van der Waals surface area contributed by atoms with Crippen molar-refractivity contribution in [2.75, 3.05) is 14.1 Å². The fraction of sp³-hybridized carbons (Fsp3) is 0.0870. The van der Waals surface area contributed by atoms with Crippen LogP contribution >= 0.6 is 0 Å². The normalized spacial score (nSPS) is 10.3. The van der Waals surface area contributed by atoms with Gasteiger partial charge in [0, 0.05) is 0 Å². The van der Waals surface area contributed by atoms with Crippen LogP contribution in [-0.4, -0.2) is 50.1 Å². The Hall–Kier alpha value is -4.17. The van der Waals surface area contributed by atoms with Gasteiger partial charge in [-0.3, -0.25) is 0 Å². The number of aromatic nitrogens is 3. The summed E-state index contributed by atoms with van der Waals surface area (Å²) in [4.78, 5) is 15.6. The third kappa shape index (κ3) is 4.71. The Labute approximate surface area is 179 Å². The van der Waals surface area contributed by atoms with E-state index in [0.29, 0.717) is 22.6 Å². The van der Waals surface area contributed by atoms with Gasteiger partial charge < -0.3 is 20.6 Å². The standard InChI is InChI=1S/C21H15N3O4.C2H7N/c25-17-7-3-1-5-15(17)19-22-20(16-6-2-4-8-18(16)26)24(23-19)14-11-9-13(10-12-14)21(27)28;1-3-2/h1-12,25-26H,(H,27,28);3H,1-2H3. The van der Waals surface area contributed by atoms with E-state index in [4.69, 9.17) is 5.11 Å². The number of nitrogens with zero attached hydrogens (tertiary/aromatic N) is 3. The van der Waals surface area contributed by atoms with E-state index < -0.39 is 5.97 Å². The van der Waals surface area contributed by atoms with Crippen LogP contribution in [0, 0.1) is 0 Å². The first kappa shape index (κ1) is 21.5. The molecule has 0 spiro atoms. The molecule has 0 fully saturated rings. The van der Waals surface area contributed by atoms with Crippen molar-refractivity contribution in [3.8, 4) is 40.0 Å². The van der Waals surface area contributed by atoms with Crippen LogP contribution in [0.4, 0.5) is 0 Å². The van der Waals surface area contributed by atoms with Gasteiger partial charge in [-0.05, 0) is 62.6 Å². The van der Waals surface area contributed by atoms with Gasteiger partial charge in [-0.25, -0.2) is 14.5 Å². The minimum absolute atomic E-state index is 0.0298. The number of phenolic OH excluding ortho intramolecular Hbond substituents is 2. The summed E-state index contributed by atoms with van der Waals surface area (Å²) < 4.78 is 1.50. The zero-order valence-corrected chi connectivity index (χ0v) is 17.0. The van der Waals surface area contributed by atoms with E-state index in [0.717, 1.165) is 0 Å². The monoisotopic (exact) mass is 418 g/mol. The van der Waals surface area contributed by atoms with Crippen molar-refractivity contribution in [3.05, 3.63) is 78.4 Å². The topological polar surface area (TPSA) is 121 Å². The summed E-state index contributed by atoms with van der Waals surface area (Å²) in [5, 5.41) is 36.8. The molecule has 8 nitrogen and oxygen atoms in total. The first-order chi connectivity index (χ1) is 15.0. The molecular weight excluding hydrogens is 396 g/mol. The maximum atomic E-state index is 11.1. The number of aromatic carboxylic acids is 1. The molecule has 4 N–H and O–H groups in total. The summed E-state index contributed by atoms with van der Waals surface area (Å²) in [6.45, 7) is 0. The van der Waals surface area contributed by atoms with Crippen molar-refractivity contribution in [3.63, 3.8) is 0 Å². The molecule has 0 amide bonds. The third-order valence-corrected chi connectivity index (χ3v) is 4.26. The van der Waals surface area contributed by atoms with Crippen LogP contribution in [0.25, 0.3) is 28.5 Å². The number of carboxylic acids is 1. The second kappa shape index (κ2) is 9.55. The van der Waals surface area contributed by atoms with Crippen LogP contribution in [-0.2, 0) is 0 Å². The average molecular weight is 418 g/mol. The Kier molecular flexibility index (Phi) is 6.64. The minimum atomic E-state index is -1.03. The number of carbonyl (C=O) groups is 1. The van der Waals surface area contributed by atoms with Gasteiger partial charge in [0.1, 0.15) is 11.5 Å². The van der Waals surface area contributed by atoms with Crippen molar-refractivity contribution >= 4 is 5.97 Å². The lowest BCUT2D eigenvalue weighted by Crippen LogP contribution is -2.02. The van der Waals surface area contributed by atoms with Crippen molar-refractivity contribution in [1.82, 2.24) is 20.1 Å². The Balaban J connectivity index is 0.000000858. The van der Waals surface area contributed by atoms with E-state index in [9.17, 15) is 15.0 Å². The van der Waals surface area contributed by atoms with Crippen LogP contribution in [0.3, 0.4) is 0 Å². The molecule has 0 aliphatic rings. The van der Waals surface area contributed by atoms with Gasteiger partial charge in [-0.15, -0.1) is 5.10 Å². The Bertz CT molecular complexity index is 1190. The first-order valence-corrected chi connectivity index (χ1v) is 9.42. The lowest BCUT2D eigenvalue weighted by atomic mass is 10.1. The smallest absolute Gasteiger partial charge is 0.335 e. The van der Waals surface area contributed by atoms with Gasteiger partial charge in [0.25, 0.3) is 0 Å². The number of para-hydroxylation sites is 2. The molecule has 0 saturated carbocycles. The molecule has 4 aromatic rings. The molecule has 0 aliphatic carbocycles. The molecule has 0 radical (unpaired) electrons. The second-order valence-corrected chi connectivity index (χ2v) is 6.56. The van der Waals surface area contributed by atoms with Gasteiger partial charge in [0.2, 0.25) is 0 Å². The van der Waals surface area contributed by atoms with Crippen molar-refractivity contribution in [2.45, 2.75) is 0 Å². The van der Waals surface area contributed by atoms with Crippen LogP contribution in [0.5, 0.6) is 11.5 Å². The molecule has 0 saturated heterocycles. The minimum Gasteiger partial charge on any atom is -0.507 e. The van der Waals surface area contributed by atoms with Gasteiger partial charge >= 0.3 is 5.97 Å². The largest absolute Gasteiger partial charge is 0.507 e. The summed E-state index contributed by atoms with van der Waals surface area (Å²) in [5.74, 6) is -0.328. The lowest BCUT2D eigenvalue weighted by Gasteiger charge is -2.07. The van der Waals surface area contributed by atoms with Crippen molar-refractivity contribution in [2.24, 2.45) is 0 Å². The highest BCUT2D eigenvalue weighted by Crippen LogP contribution is 2.33. The molecular formula is C23H22N4O4. The van der Waals surface area contributed by atoms with E-state index >= 15 is 0 Å². The molecule has 158 valence electrons. The molecule has 1 aromatic heterocycles. The summed E-state index contributed by atoms with van der Waals surface area (Å²) in [6.07, 6.45) is 0. The Morgan fingerprint density at radius 2 is 1.35 bits per heavy atom. The van der Waals surface area contributed by atoms with Gasteiger partial charge in [0.05, 0.1) is 22.4 Å². The van der Waals surface area contributed by atoms with E-state index in [1.807, 2.05) is 14.1 Å². The number of hydrogen-bond acceptors (Lipinski definition) is 6. The number of phenols is 2. The molecule has 3 aromatic carbocycles. The molecule has 4 rings (SSSR count). The predicted molar refractivity (Wildman–Crippen MR) is 118 cm³/mol. The molecule has 1 heterocycles. The molecule has 0 aliphatic heterocycles.